The number of nitrogens with one attached hydrogen (secondary N) is 3. The molecule has 3 N–H and O–H groups in total. The van der Waals surface area contributed by atoms with Crippen LogP contribution in [0.5, 0.6) is 0 Å². The first-order valence-electron chi connectivity index (χ1n) is 8.86. The van der Waals surface area contributed by atoms with Crippen LogP contribution in [0, 0.1) is 17.0 Å². The van der Waals surface area contributed by atoms with Gasteiger partial charge < -0.3 is 9.88 Å². The highest BCUT2D eigenvalue weighted by Gasteiger charge is 2.23. The first kappa shape index (κ1) is 19.7. The number of imidazole rings is 1. The smallest absolute Gasteiger partial charge is 0.354 e. The summed E-state index contributed by atoms with van der Waals surface area (Å²) in [4.78, 5) is 34.9. The summed E-state index contributed by atoms with van der Waals surface area (Å²) in [5.74, 6) is -0.474. The molecule has 2 heterocycles. The molecule has 0 fully saturated rings. The van der Waals surface area contributed by atoms with Crippen molar-refractivity contribution in [2.75, 3.05) is 17.3 Å². The van der Waals surface area contributed by atoms with Crippen LogP contribution < -0.4 is 16.2 Å². The van der Waals surface area contributed by atoms with Gasteiger partial charge in [0.15, 0.2) is 0 Å². The van der Waals surface area contributed by atoms with Crippen molar-refractivity contribution in [1.82, 2.24) is 24.9 Å². The molecule has 3 rings (SSSR count). The van der Waals surface area contributed by atoms with Crippen LogP contribution in [0.4, 0.5) is 17.3 Å². The largest absolute Gasteiger partial charge is 0.364 e. The van der Waals surface area contributed by atoms with E-state index in [9.17, 15) is 14.9 Å². The molecule has 3 aromatic rings. The summed E-state index contributed by atoms with van der Waals surface area (Å²) in [6, 6.07) is 6.92. The van der Waals surface area contributed by atoms with Crippen molar-refractivity contribution in [3.05, 3.63) is 70.6 Å². The third kappa shape index (κ3) is 5.25. The van der Waals surface area contributed by atoms with Crippen LogP contribution in [0.3, 0.4) is 0 Å². The molecule has 11 nitrogen and oxygen atoms in total. The zero-order valence-electron chi connectivity index (χ0n) is 15.7. The zero-order valence-corrected chi connectivity index (χ0v) is 15.7. The Kier molecular flexibility index (Phi) is 6.30. The molecule has 0 radical (unpaired) electrons. The van der Waals surface area contributed by atoms with E-state index in [2.05, 4.69) is 31.1 Å². The van der Waals surface area contributed by atoms with Gasteiger partial charge in [-0.1, -0.05) is 17.7 Å². The topological polar surface area (TPSA) is 140 Å². The quantitative estimate of drug-likeness (QED) is 0.284. The number of nitro groups is 1. The fraction of sp³-hybridized carbons (Fsp3) is 0.222. The first-order chi connectivity index (χ1) is 14.0. The molecule has 1 aromatic carbocycles. The van der Waals surface area contributed by atoms with E-state index >= 15 is 0 Å². The molecule has 2 aromatic heterocycles. The Morgan fingerprint density at radius 2 is 1.97 bits per heavy atom. The molecule has 0 saturated carbocycles. The lowest BCUT2D eigenvalue weighted by Gasteiger charge is -2.11. The van der Waals surface area contributed by atoms with Crippen LogP contribution in [-0.4, -0.2) is 36.9 Å². The molecule has 1 amide bonds. The number of rotatable bonds is 9. The van der Waals surface area contributed by atoms with Crippen LogP contribution in [-0.2, 0) is 6.54 Å². The number of amides is 1. The Morgan fingerprint density at radius 1 is 1.21 bits per heavy atom. The van der Waals surface area contributed by atoms with E-state index in [1.165, 1.54) is 6.33 Å². The summed E-state index contributed by atoms with van der Waals surface area (Å²) in [5.41, 5.74) is 6.02. The number of hydrazine groups is 1. The molecule has 0 aliphatic carbocycles. The minimum absolute atomic E-state index is 0.0720. The minimum atomic E-state index is -0.599. The van der Waals surface area contributed by atoms with Gasteiger partial charge in [0.2, 0.25) is 11.6 Å². The van der Waals surface area contributed by atoms with Gasteiger partial charge in [-0.3, -0.25) is 25.8 Å². The number of hydrogen-bond acceptors (Lipinski definition) is 8. The Morgan fingerprint density at radius 3 is 2.66 bits per heavy atom. The fourth-order valence-electron chi connectivity index (χ4n) is 2.55. The highest BCUT2D eigenvalue weighted by atomic mass is 16.6. The Balaban J connectivity index is 1.63. The molecular formula is C18H20N8O3. The lowest BCUT2D eigenvalue weighted by molar-refractivity contribution is -0.383. The van der Waals surface area contributed by atoms with E-state index in [-0.39, 0.29) is 17.3 Å². The van der Waals surface area contributed by atoms with Gasteiger partial charge in [0, 0.05) is 31.0 Å². The second-order valence-corrected chi connectivity index (χ2v) is 6.20. The molecule has 0 unspecified atom stereocenters. The number of aryl methyl sites for hydroxylation is 2. The standard InChI is InChI=1S/C18H20N8O3/c1-13-3-5-14(6-4-13)18(27)24-23-17-15(26(28)29)16(21-11-22-17)20-7-2-9-25-10-8-19-12-25/h3-6,8,10-12H,2,7,9H2,1H3,(H,24,27)(H2,20,21,22,23). The SMILES string of the molecule is Cc1ccc(C(=O)NNc2ncnc(NCCCn3ccnc3)c2[N+](=O)[O-])cc1. The van der Waals surface area contributed by atoms with Crippen LogP contribution in [0.2, 0.25) is 0 Å². The molecular weight excluding hydrogens is 376 g/mol. The molecule has 0 aliphatic heterocycles. The van der Waals surface area contributed by atoms with Gasteiger partial charge in [-0.2, -0.15) is 0 Å². The number of aromatic nitrogens is 4. The van der Waals surface area contributed by atoms with Crippen LogP contribution >= 0.6 is 0 Å². The molecule has 0 aliphatic rings. The molecule has 0 bridgehead atoms. The fourth-order valence-corrected chi connectivity index (χ4v) is 2.55. The van der Waals surface area contributed by atoms with Crippen molar-refractivity contribution >= 4 is 23.2 Å². The Hall–Kier alpha value is -4.02. The summed E-state index contributed by atoms with van der Waals surface area (Å²) in [5, 5.41) is 14.5. The Bertz CT molecular complexity index is 973. The monoisotopic (exact) mass is 396 g/mol. The van der Waals surface area contributed by atoms with Crippen LogP contribution in [0.15, 0.2) is 49.3 Å². The third-order valence-corrected chi connectivity index (χ3v) is 4.06. The molecule has 150 valence electrons. The number of hydrogen-bond donors (Lipinski definition) is 3. The minimum Gasteiger partial charge on any atom is -0.364 e. The van der Waals surface area contributed by atoms with Gasteiger partial charge in [-0.15, -0.1) is 0 Å². The maximum atomic E-state index is 12.2. The molecule has 0 spiro atoms. The summed E-state index contributed by atoms with van der Waals surface area (Å²) < 4.78 is 1.91. The number of anilines is 2. The van der Waals surface area contributed by atoms with Crippen LogP contribution in [0.25, 0.3) is 0 Å². The Labute approximate surface area is 166 Å². The second-order valence-electron chi connectivity index (χ2n) is 6.20. The van der Waals surface area contributed by atoms with E-state index in [1.54, 1.807) is 36.8 Å². The average Bonchev–Trinajstić information content (AvgIpc) is 3.23. The summed E-state index contributed by atoms with van der Waals surface area (Å²) in [7, 11) is 0. The van der Waals surface area contributed by atoms with Gasteiger partial charge in [-0.05, 0) is 25.5 Å². The van der Waals surface area contributed by atoms with E-state index in [1.807, 2.05) is 17.7 Å². The van der Waals surface area contributed by atoms with Crippen molar-refractivity contribution < 1.29 is 9.72 Å². The van der Waals surface area contributed by atoms with Gasteiger partial charge in [0.25, 0.3) is 5.91 Å². The average molecular weight is 396 g/mol. The maximum absolute atomic E-state index is 12.2. The predicted octanol–water partition coefficient (Wildman–Crippen LogP) is 2.15. The third-order valence-electron chi connectivity index (χ3n) is 4.06. The van der Waals surface area contributed by atoms with Gasteiger partial charge in [0.05, 0.1) is 11.3 Å². The molecule has 11 heteroatoms. The predicted molar refractivity (Wildman–Crippen MR) is 106 cm³/mol. The summed E-state index contributed by atoms with van der Waals surface area (Å²) in [6.07, 6.45) is 7.12. The van der Waals surface area contributed by atoms with Crippen molar-refractivity contribution in [1.29, 1.82) is 0 Å². The van der Waals surface area contributed by atoms with Crippen molar-refractivity contribution in [3.8, 4) is 0 Å². The van der Waals surface area contributed by atoms with E-state index < -0.39 is 10.8 Å². The summed E-state index contributed by atoms with van der Waals surface area (Å²) in [6.45, 7) is 3.09. The summed E-state index contributed by atoms with van der Waals surface area (Å²) >= 11 is 0. The second kappa shape index (κ2) is 9.26. The van der Waals surface area contributed by atoms with Crippen molar-refractivity contribution in [3.63, 3.8) is 0 Å². The lowest BCUT2D eigenvalue weighted by atomic mass is 10.1. The number of carbonyl (C=O) groups is 1. The van der Waals surface area contributed by atoms with Gasteiger partial charge >= 0.3 is 5.69 Å². The molecule has 0 saturated heterocycles. The van der Waals surface area contributed by atoms with E-state index in [4.69, 9.17) is 0 Å². The van der Waals surface area contributed by atoms with E-state index in [0.29, 0.717) is 25.1 Å². The highest BCUT2D eigenvalue weighted by Crippen LogP contribution is 2.28. The number of carbonyl (C=O) groups excluding carboxylic acids is 1. The number of nitrogens with zero attached hydrogens (tertiary/aromatic N) is 5. The maximum Gasteiger partial charge on any atom is 0.354 e. The van der Waals surface area contributed by atoms with Crippen LogP contribution in [0.1, 0.15) is 22.3 Å². The van der Waals surface area contributed by atoms with E-state index in [0.717, 1.165) is 5.56 Å². The lowest BCUT2D eigenvalue weighted by Crippen LogP contribution is -2.30. The zero-order chi connectivity index (χ0) is 20.6. The molecule has 29 heavy (non-hydrogen) atoms. The van der Waals surface area contributed by atoms with Gasteiger partial charge in [0.1, 0.15) is 6.33 Å². The molecule has 0 atom stereocenters. The van der Waals surface area contributed by atoms with Crippen molar-refractivity contribution in [2.45, 2.75) is 19.9 Å². The first-order valence-corrected chi connectivity index (χ1v) is 8.86. The normalized spacial score (nSPS) is 10.4. The number of benzene rings is 1. The highest BCUT2D eigenvalue weighted by molar-refractivity contribution is 5.95. The van der Waals surface area contributed by atoms with Crippen molar-refractivity contribution in [2.24, 2.45) is 0 Å². The van der Waals surface area contributed by atoms with Gasteiger partial charge in [-0.25, -0.2) is 15.0 Å².